The van der Waals surface area contributed by atoms with E-state index < -0.39 is 5.54 Å². The van der Waals surface area contributed by atoms with Crippen molar-refractivity contribution in [3.05, 3.63) is 0 Å². The van der Waals surface area contributed by atoms with Crippen LogP contribution >= 0.6 is 0 Å². The largest absolute Gasteiger partial charge is 0.319 e. The first-order valence-electron chi connectivity index (χ1n) is 7.56. The Morgan fingerprint density at radius 3 is 2.55 bits per heavy atom. The monoisotopic (exact) mass is 280 g/mol. The number of piperazine rings is 1. The zero-order valence-electron chi connectivity index (χ0n) is 12.4. The molecule has 1 N–H and O–H groups in total. The minimum Gasteiger partial charge on any atom is -0.319 e. The van der Waals surface area contributed by atoms with E-state index in [1.807, 2.05) is 0 Å². The number of carbonyl (C=O) groups is 3. The van der Waals surface area contributed by atoms with Gasteiger partial charge in [0, 0.05) is 6.42 Å². The van der Waals surface area contributed by atoms with Gasteiger partial charge in [0.05, 0.1) is 0 Å². The van der Waals surface area contributed by atoms with Crippen molar-refractivity contribution in [3.63, 3.8) is 0 Å². The molecule has 1 aliphatic carbocycles. The molecule has 0 bridgehead atoms. The maximum atomic E-state index is 12.3. The number of nitrogens with zero attached hydrogens (tertiary/aromatic N) is 1. The van der Waals surface area contributed by atoms with Crippen LogP contribution in [0.15, 0.2) is 0 Å². The van der Waals surface area contributed by atoms with Gasteiger partial charge in [-0.05, 0) is 26.2 Å². The number of hydrogen-bond acceptors (Lipinski definition) is 3. The zero-order valence-corrected chi connectivity index (χ0v) is 12.4. The lowest BCUT2D eigenvalue weighted by Crippen LogP contribution is -2.65. The van der Waals surface area contributed by atoms with E-state index in [2.05, 4.69) is 5.32 Å². The number of nitrogens with one attached hydrogen (secondary N) is 1. The minimum absolute atomic E-state index is 0.0117. The first-order valence-corrected chi connectivity index (χ1v) is 7.56. The van der Waals surface area contributed by atoms with Crippen LogP contribution in [0.1, 0.15) is 58.8 Å². The molecule has 0 aromatic carbocycles. The molecule has 1 aliphatic heterocycles. The molecule has 3 amide bonds. The molecule has 1 saturated carbocycles. The van der Waals surface area contributed by atoms with E-state index in [-0.39, 0.29) is 24.3 Å². The highest BCUT2D eigenvalue weighted by Gasteiger charge is 2.43. The molecule has 2 aliphatic rings. The maximum Gasteiger partial charge on any atom is 0.252 e. The van der Waals surface area contributed by atoms with Crippen molar-refractivity contribution >= 4 is 17.7 Å². The van der Waals surface area contributed by atoms with Crippen molar-refractivity contribution in [2.24, 2.45) is 5.92 Å². The first-order chi connectivity index (χ1) is 9.41. The second-order valence-corrected chi connectivity index (χ2v) is 6.46. The van der Waals surface area contributed by atoms with Crippen molar-refractivity contribution in [3.8, 4) is 0 Å². The van der Waals surface area contributed by atoms with E-state index in [1.54, 1.807) is 13.8 Å². The van der Waals surface area contributed by atoms with Gasteiger partial charge in [-0.1, -0.05) is 32.1 Å². The molecule has 5 nitrogen and oxygen atoms in total. The Kier molecular flexibility index (Phi) is 4.45. The highest BCUT2D eigenvalue weighted by molar-refractivity contribution is 6.06. The summed E-state index contributed by atoms with van der Waals surface area (Å²) in [5.41, 5.74) is -0.933. The van der Waals surface area contributed by atoms with Gasteiger partial charge >= 0.3 is 0 Å². The summed E-state index contributed by atoms with van der Waals surface area (Å²) >= 11 is 0. The van der Waals surface area contributed by atoms with Gasteiger partial charge in [0.1, 0.15) is 12.1 Å². The second kappa shape index (κ2) is 5.94. The predicted molar refractivity (Wildman–Crippen MR) is 74.8 cm³/mol. The molecular weight excluding hydrogens is 256 g/mol. The third-order valence-corrected chi connectivity index (χ3v) is 4.58. The van der Waals surface area contributed by atoms with Crippen LogP contribution in [0.5, 0.6) is 0 Å². The molecule has 1 heterocycles. The van der Waals surface area contributed by atoms with Gasteiger partial charge in [-0.3, -0.25) is 19.7 Å². The van der Waals surface area contributed by atoms with Gasteiger partial charge in [0.15, 0.2) is 0 Å². The summed E-state index contributed by atoms with van der Waals surface area (Å²) < 4.78 is 0. The SMILES string of the molecule is CC1(C)C(=O)NC(=O)CN1C(=O)CCC1CCCCC1. The van der Waals surface area contributed by atoms with Crippen LogP contribution in [0, 0.1) is 5.92 Å². The molecule has 0 unspecified atom stereocenters. The highest BCUT2D eigenvalue weighted by atomic mass is 16.2. The van der Waals surface area contributed by atoms with Crippen LogP contribution < -0.4 is 5.32 Å². The Balaban J connectivity index is 1.92. The van der Waals surface area contributed by atoms with Crippen molar-refractivity contribution in [2.75, 3.05) is 6.54 Å². The number of amides is 3. The van der Waals surface area contributed by atoms with Gasteiger partial charge < -0.3 is 4.90 Å². The Morgan fingerprint density at radius 1 is 1.25 bits per heavy atom. The molecule has 0 atom stereocenters. The minimum atomic E-state index is -0.933. The lowest BCUT2D eigenvalue weighted by atomic mass is 9.86. The van der Waals surface area contributed by atoms with Crippen molar-refractivity contribution < 1.29 is 14.4 Å². The van der Waals surface area contributed by atoms with Crippen LogP contribution in [0.25, 0.3) is 0 Å². The number of carbonyl (C=O) groups excluding carboxylic acids is 3. The number of imide groups is 1. The van der Waals surface area contributed by atoms with Crippen LogP contribution in [0.3, 0.4) is 0 Å². The lowest BCUT2D eigenvalue weighted by Gasteiger charge is -2.40. The molecule has 0 aromatic rings. The van der Waals surface area contributed by atoms with E-state index in [9.17, 15) is 14.4 Å². The summed E-state index contributed by atoms with van der Waals surface area (Å²) in [5.74, 6) is -0.228. The summed E-state index contributed by atoms with van der Waals surface area (Å²) in [7, 11) is 0. The molecule has 2 rings (SSSR count). The van der Waals surface area contributed by atoms with Crippen LogP contribution in [-0.4, -0.2) is 34.7 Å². The Labute approximate surface area is 120 Å². The number of rotatable bonds is 3. The average Bonchev–Trinajstić information content (AvgIpc) is 2.41. The van der Waals surface area contributed by atoms with Crippen LogP contribution in [-0.2, 0) is 14.4 Å². The van der Waals surface area contributed by atoms with Crippen molar-refractivity contribution in [1.82, 2.24) is 10.2 Å². The fraction of sp³-hybridized carbons (Fsp3) is 0.800. The smallest absolute Gasteiger partial charge is 0.252 e. The Hall–Kier alpha value is -1.39. The molecule has 20 heavy (non-hydrogen) atoms. The quantitative estimate of drug-likeness (QED) is 0.799. The summed E-state index contributed by atoms with van der Waals surface area (Å²) in [4.78, 5) is 37.0. The fourth-order valence-electron chi connectivity index (χ4n) is 3.12. The second-order valence-electron chi connectivity index (χ2n) is 6.46. The lowest BCUT2D eigenvalue weighted by molar-refractivity contribution is -0.155. The van der Waals surface area contributed by atoms with Crippen molar-refractivity contribution in [2.45, 2.75) is 64.3 Å². The first kappa shape index (κ1) is 15.0. The van der Waals surface area contributed by atoms with Crippen LogP contribution in [0.2, 0.25) is 0 Å². The third kappa shape index (κ3) is 3.19. The van der Waals surface area contributed by atoms with E-state index in [1.165, 1.54) is 37.0 Å². The summed E-state index contributed by atoms with van der Waals surface area (Å²) in [6.07, 6.45) is 7.55. The molecule has 0 aromatic heterocycles. The summed E-state index contributed by atoms with van der Waals surface area (Å²) in [5, 5.41) is 2.29. The molecule has 0 radical (unpaired) electrons. The summed E-state index contributed by atoms with van der Waals surface area (Å²) in [6, 6.07) is 0. The predicted octanol–water partition coefficient (Wildman–Crippen LogP) is 1.61. The molecule has 2 fully saturated rings. The van der Waals surface area contributed by atoms with E-state index in [0.29, 0.717) is 12.3 Å². The average molecular weight is 280 g/mol. The van der Waals surface area contributed by atoms with Crippen LogP contribution in [0.4, 0.5) is 0 Å². The molecular formula is C15H24N2O3. The topological polar surface area (TPSA) is 66.5 Å². The zero-order chi connectivity index (χ0) is 14.8. The maximum absolute atomic E-state index is 12.3. The van der Waals surface area contributed by atoms with E-state index in [0.717, 1.165) is 6.42 Å². The van der Waals surface area contributed by atoms with Gasteiger partial charge in [0.2, 0.25) is 11.8 Å². The normalized spacial score (nSPS) is 23.6. The molecule has 5 heteroatoms. The Bertz CT molecular complexity index is 411. The fourth-order valence-corrected chi connectivity index (χ4v) is 3.12. The van der Waals surface area contributed by atoms with Gasteiger partial charge in [-0.25, -0.2) is 0 Å². The third-order valence-electron chi connectivity index (χ3n) is 4.58. The van der Waals surface area contributed by atoms with E-state index >= 15 is 0 Å². The van der Waals surface area contributed by atoms with Gasteiger partial charge in [-0.2, -0.15) is 0 Å². The molecule has 0 spiro atoms. The van der Waals surface area contributed by atoms with Gasteiger partial charge in [-0.15, -0.1) is 0 Å². The Morgan fingerprint density at radius 2 is 1.90 bits per heavy atom. The van der Waals surface area contributed by atoms with Gasteiger partial charge in [0.25, 0.3) is 5.91 Å². The van der Waals surface area contributed by atoms with Crippen molar-refractivity contribution in [1.29, 1.82) is 0 Å². The van der Waals surface area contributed by atoms with E-state index in [4.69, 9.17) is 0 Å². The standard InChI is InChI=1S/C15H24N2O3/c1-15(2)14(20)16-12(18)10-17(15)13(19)9-8-11-6-4-3-5-7-11/h11H,3-10H2,1-2H3,(H,16,18,20). The summed E-state index contributed by atoms with van der Waals surface area (Å²) in [6.45, 7) is 3.36. The highest BCUT2D eigenvalue weighted by Crippen LogP contribution is 2.28. The number of hydrogen-bond donors (Lipinski definition) is 1. The molecule has 1 saturated heterocycles. The molecule has 112 valence electrons.